The Morgan fingerprint density at radius 1 is 1.50 bits per heavy atom. The van der Waals surface area contributed by atoms with Crippen LogP contribution in [0.2, 0.25) is 0 Å². The zero-order valence-corrected chi connectivity index (χ0v) is 11.2. The van der Waals surface area contributed by atoms with E-state index in [9.17, 15) is 4.79 Å². The van der Waals surface area contributed by atoms with Crippen LogP contribution in [-0.2, 0) is 16.0 Å². The summed E-state index contributed by atoms with van der Waals surface area (Å²) in [5.74, 6) is 0.295. The lowest BCUT2D eigenvalue weighted by Crippen LogP contribution is -2.47. The van der Waals surface area contributed by atoms with E-state index in [0.717, 1.165) is 50.6 Å². The number of thiazole rings is 1. The Labute approximate surface area is 111 Å². The first kappa shape index (κ1) is 12.1. The fraction of sp³-hybridized carbons (Fsp3) is 0.692. The van der Waals surface area contributed by atoms with Crippen LogP contribution in [0, 0.1) is 5.41 Å². The molecule has 0 unspecified atom stereocenters. The molecule has 0 saturated carbocycles. The zero-order valence-electron chi connectivity index (χ0n) is 10.4. The van der Waals surface area contributed by atoms with Crippen molar-refractivity contribution in [3.63, 3.8) is 0 Å². The number of piperidine rings is 1. The Morgan fingerprint density at radius 3 is 3.17 bits per heavy atom. The molecule has 0 radical (unpaired) electrons. The van der Waals surface area contributed by atoms with Crippen molar-refractivity contribution >= 4 is 17.2 Å². The number of hydrogen-bond donors (Lipinski definition) is 0. The van der Waals surface area contributed by atoms with Gasteiger partial charge in [-0.15, -0.1) is 11.3 Å². The largest absolute Gasteiger partial charge is 0.381 e. The summed E-state index contributed by atoms with van der Waals surface area (Å²) < 4.78 is 5.52. The molecule has 2 fully saturated rings. The van der Waals surface area contributed by atoms with E-state index < -0.39 is 0 Å². The smallest absolute Gasteiger partial charge is 0.222 e. The topological polar surface area (TPSA) is 42.4 Å². The number of likely N-dealkylation sites (tertiary alicyclic amines) is 1. The van der Waals surface area contributed by atoms with Crippen LogP contribution < -0.4 is 0 Å². The lowest BCUT2D eigenvalue weighted by atomic mass is 9.79. The van der Waals surface area contributed by atoms with Gasteiger partial charge >= 0.3 is 0 Å². The van der Waals surface area contributed by atoms with Crippen molar-refractivity contribution in [2.45, 2.75) is 25.7 Å². The van der Waals surface area contributed by atoms with Gasteiger partial charge in [-0.05, 0) is 12.8 Å². The van der Waals surface area contributed by atoms with Gasteiger partial charge in [0, 0.05) is 49.5 Å². The molecule has 18 heavy (non-hydrogen) atoms. The second-order valence-corrected chi connectivity index (χ2v) is 6.27. The van der Waals surface area contributed by atoms with Crippen molar-refractivity contribution in [3.05, 3.63) is 16.6 Å². The molecule has 2 saturated heterocycles. The number of aromatic nitrogens is 1. The lowest BCUT2D eigenvalue weighted by Gasteiger charge is -2.39. The van der Waals surface area contributed by atoms with E-state index in [1.807, 2.05) is 16.5 Å². The van der Waals surface area contributed by atoms with E-state index in [4.69, 9.17) is 4.74 Å². The molecule has 5 heteroatoms. The van der Waals surface area contributed by atoms with Crippen LogP contribution >= 0.6 is 11.3 Å². The van der Waals surface area contributed by atoms with Gasteiger partial charge in [0.25, 0.3) is 0 Å². The van der Waals surface area contributed by atoms with Crippen LogP contribution in [0.3, 0.4) is 0 Å². The second-order valence-electron chi connectivity index (χ2n) is 5.29. The Bertz CT molecular complexity index is 413. The number of rotatable bonds is 3. The average molecular weight is 266 g/mol. The monoisotopic (exact) mass is 266 g/mol. The third kappa shape index (κ3) is 2.42. The van der Waals surface area contributed by atoms with Gasteiger partial charge in [-0.2, -0.15) is 0 Å². The molecule has 4 nitrogen and oxygen atoms in total. The van der Waals surface area contributed by atoms with E-state index in [1.54, 1.807) is 11.3 Å². The minimum Gasteiger partial charge on any atom is -0.381 e. The zero-order chi connectivity index (χ0) is 12.4. The molecule has 1 amide bonds. The molecule has 1 atom stereocenters. The minimum absolute atomic E-state index is 0.247. The van der Waals surface area contributed by atoms with E-state index in [0.29, 0.717) is 12.3 Å². The molecule has 3 heterocycles. The maximum Gasteiger partial charge on any atom is 0.222 e. The van der Waals surface area contributed by atoms with Crippen LogP contribution in [-0.4, -0.2) is 42.1 Å². The van der Waals surface area contributed by atoms with Gasteiger partial charge in [0.2, 0.25) is 5.91 Å². The van der Waals surface area contributed by atoms with Crippen LogP contribution in [0.1, 0.15) is 24.3 Å². The molecule has 1 spiro atoms. The Kier molecular flexibility index (Phi) is 3.35. The van der Waals surface area contributed by atoms with Gasteiger partial charge in [-0.3, -0.25) is 4.79 Å². The van der Waals surface area contributed by atoms with Gasteiger partial charge in [0.1, 0.15) is 0 Å². The molecule has 0 aliphatic carbocycles. The van der Waals surface area contributed by atoms with E-state index in [2.05, 4.69) is 4.98 Å². The molecular formula is C13H18N2O2S. The van der Waals surface area contributed by atoms with Gasteiger partial charge in [0.05, 0.1) is 11.6 Å². The number of hydrogen-bond acceptors (Lipinski definition) is 4. The van der Waals surface area contributed by atoms with Crippen molar-refractivity contribution < 1.29 is 9.53 Å². The lowest BCUT2D eigenvalue weighted by molar-refractivity contribution is -0.137. The fourth-order valence-corrected chi connectivity index (χ4v) is 3.49. The second kappa shape index (κ2) is 4.97. The Morgan fingerprint density at radius 2 is 2.44 bits per heavy atom. The summed E-state index contributed by atoms with van der Waals surface area (Å²) in [6.07, 6.45) is 5.49. The molecular weight excluding hydrogens is 248 g/mol. The number of carbonyl (C=O) groups is 1. The predicted octanol–water partition coefficient (Wildman–Crippen LogP) is 1.71. The Balaban J connectivity index is 1.61. The molecule has 2 aliphatic rings. The molecule has 0 aromatic carbocycles. The number of amides is 1. The first-order valence-electron chi connectivity index (χ1n) is 6.51. The van der Waals surface area contributed by atoms with Gasteiger partial charge in [-0.25, -0.2) is 4.98 Å². The summed E-state index contributed by atoms with van der Waals surface area (Å²) in [5.41, 5.74) is 0.247. The number of ether oxygens (including phenoxy) is 1. The summed E-state index contributed by atoms with van der Waals surface area (Å²) in [6, 6.07) is 0. The van der Waals surface area contributed by atoms with Gasteiger partial charge in [0.15, 0.2) is 0 Å². The van der Waals surface area contributed by atoms with Crippen LogP contribution in [0.4, 0.5) is 0 Å². The van der Waals surface area contributed by atoms with Crippen molar-refractivity contribution in [1.82, 2.24) is 9.88 Å². The van der Waals surface area contributed by atoms with Gasteiger partial charge in [-0.1, -0.05) is 0 Å². The highest BCUT2D eigenvalue weighted by atomic mass is 32.1. The molecule has 98 valence electrons. The van der Waals surface area contributed by atoms with E-state index in [-0.39, 0.29) is 5.41 Å². The van der Waals surface area contributed by atoms with Crippen molar-refractivity contribution in [2.24, 2.45) is 5.41 Å². The maximum absolute atomic E-state index is 12.0. The Hall–Kier alpha value is -0.940. The maximum atomic E-state index is 12.0. The van der Waals surface area contributed by atoms with Gasteiger partial charge < -0.3 is 9.64 Å². The van der Waals surface area contributed by atoms with Crippen LogP contribution in [0.15, 0.2) is 11.6 Å². The average Bonchev–Trinajstić information content (AvgIpc) is 3.03. The molecule has 2 aliphatic heterocycles. The van der Waals surface area contributed by atoms with E-state index in [1.165, 1.54) is 0 Å². The molecule has 1 aromatic rings. The highest BCUT2D eigenvalue weighted by Gasteiger charge is 2.41. The molecule has 0 bridgehead atoms. The minimum atomic E-state index is 0.247. The highest BCUT2D eigenvalue weighted by Crippen LogP contribution is 2.38. The first-order valence-corrected chi connectivity index (χ1v) is 7.39. The third-order valence-electron chi connectivity index (χ3n) is 4.01. The summed E-state index contributed by atoms with van der Waals surface area (Å²) >= 11 is 1.66. The molecule has 0 N–H and O–H groups in total. The van der Waals surface area contributed by atoms with Crippen LogP contribution in [0.25, 0.3) is 0 Å². The standard InChI is InChI=1S/C13H18N2O2S/c16-12-1-3-13(4-7-17-10-13)9-15(12)6-2-11-14-5-8-18-11/h5,8H,1-4,6-7,9-10H2/t13-/m0/s1. The third-order valence-corrected chi connectivity index (χ3v) is 4.85. The first-order chi connectivity index (χ1) is 8.77. The number of carbonyl (C=O) groups excluding carboxylic acids is 1. The molecule has 1 aromatic heterocycles. The summed E-state index contributed by atoms with van der Waals surface area (Å²) in [7, 11) is 0. The normalized spacial score (nSPS) is 28.2. The highest BCUT2D eigenvalue weighted by molar-refractivity contribution is 7.09. The summed E-state index contributed by atoms with van der Waals surface area (Å²) in [6.45, 7) is 3.36. The fourth-order valence-electron chi connectivity index (χ4n) is 2.88. The van der Waals surface area contributed by atoms with Crippen molar-refractivity contribution in [2.75, 3.05) is 26.3 Å². The number of nitrogens with zero attached hydrogens (tertiary/aromatic N) is 2. The summed E-state index contributed by atoms with van der Waals surface area (Å²) in [4.78, 5) is 18.2. The predicted molar refractivity (Wildman–Crippen MR) is 69.5 cm³/mol. The quantitative estimate of drug-likeness (QED) is 0.836. The van der Waals surface area contributed by atoms with Crippen molar-refractivity contribution in [3.8, 4) is 0 Å². The molecule has 3 rings (SSSR count). The van der Waals surface area contributed by atoms with Crippen molar-refractivity contribution in [1.29, 1.82) is 0 Å². The van der Waals surface area contributed by atoms with E-state index >= 15 is 0 Å². The van der Waals surface area contributed by atoms with Crippen LogP contribution in [0.5, 0.6) is 0 Å². The summed E-state index contributed by atoms with van der Waals surface area (Å²) in [5, 5.41) is 3.10. The SMILES string of the molecule is O=C1CC[C@]2(CCOC2)CN1CCc1nccs1.